The number of carboxylic acids is 1. The number of carbonyl (C=O) groups is 1. The Bertz CT molecular complexity index is 1190. The smallest absolute Gasteiger partial charge is 0.335 e. The van der Waals surface area contributed by atoms with Gasteiger partial charge in [0.25, 0.3) is 0 Å². The molecule has 0 amide bonds. The number of thiophene rings is 1. The summed E-state index contributed by atoms with van der Waals surface area (Å²) in [5.41, 5.74) is 4.52. The fourth-order valence-electron chi connectivity index (χ4n) is 3.27. The second kappa shape index (κ2) is 7.59. The van der Waals surface area contributed by atoms with Crippen LogP contribution in [0.2, 0.25) is 0 Å². The lowest BCUT2D eigenvalue weighted by Crippen LogP contribution is -2.15. The van der Waals surface area contributed by atoms with Gasteiger partial charge >= 0.3 is 5.97 Å². The van der Waals surface area contributed by atoms with E-state index >= 15 is 0 Å². The Morgan fingerprint density at radius 1 is 0.966 bits per heavy atom. The van der Waals surface area contributed by atoms with Crippen molar-refractivity contribution in [1.29, 1.82) is 0 Å². The molecule has 2 aromatic carbocycles. The highest BCUT2D eigenvalue weighted by molar-refractivity contribution is 8.01. The number of thioether (sulfide) groups is 1. The minimum atomic E-state index is -0.928. The lowest BCUT2D eigenvalue weighted by Gasteiger charge is -2.29. The molecule has 29 heavy (non-hydrogen) atoms. The van der Waals surface area contributed by atoms with E-state index in [1.807, 2.05) is 23.1 Å². The fraction of sp³-hybridized carbons (Fsp3) is 0.160. The summed E-state index contributed by atoms with van der Waals surface area (Å²) in [5, 5.41) is 9.01. The van der Waals surface area contributed by atoms with Crippen LogP contribution in [0.15, 0.2) is 65.6 Å². The Morgan fingerprint density at radius 2 is 1.66 bits per heavy atom. The molecule has 4 rings (SSSR count). The zero-order chi connectivity index (χ0) is 20.6. The van der Waals surface area contributed by atoms with Gasteiger partial charge in [-0.05, 0) is 86.5 Å². The molecule has 0 saturated heterocycles. The van der Waals surface area contributed by atoms with E-state index < -0.39 is 5.97 Å². The number of aryl methyl sites for hydroxylation is 1. The van der Waals surface area contributed by atoms with E-state index in [-0.39, 0.29) is 10.3 Å². The maximum Gasteiger partial charge on any atom is 0.335 e. The molecule has 0 spiro atoms. The van der Waals surface area contributed by atoms with Crippen molar-refractivity contribution in [2.24, 2.45) is 0 Å². The first-order valence-electron chi connectivity index (χ1n) is 9.29. The van der Waals surface area contributed by atoms with Crippen LogP contribution in [0, 0.1) is 18.8 Å². The molecule has 4 heteroatoms. The van der Waals surface area contributed by atoms with Gasteiger partial charge in [0.15, 0.2) is 0 Å². The Labute approximate surface area is 179 Å². The van der Waals surface area contributed by atoms with E-state index in [1.165, 1.54) is 25.8 Å². The zero-order valence-corrected chi connectivity index (χ0v) is 18.1. The van der Waals surface area contributed by atoms with E-state index in [1.54, 1.807) is 24.3 Å². The van der Waals surface area contributed by atoms with Crippen LogP contribution >= 0.6 is 23.1 Å². The van der Waals surface area contributed by atoms with Crippen LogP contribution in [0.3, 0.4) is 0 Å². The van der Waals surface area contributed by atoms with E-state index in [2.05, 4.69) is 69.0 Å². The number of fused-ring (bicyclic) bond motifs is 1. The molecule has 1 aliphatic heterocycles. The largest absolute Gasteiger partial charge is 0.478 e. The maximum atomic E-state index is 11.0. The van der Waals surface area contributed by atoms with Crippen LogP contribution in [-0.4, -0.2) is 15.8 Å². The molecular weight excluding hydrogens is 396 g/mol. The third kappa shape index (κ3) is 4.32. The summed E-state index contributed by atoms with van der Waals surface area (Å²) in [4.78, 5) is 14.8. The number of aromatic carboxylic acids is 1. The Balaban J connectivity index is 1.70. The molecule has 2 heterocycles. The predicted octanol–water partition coefficient (Wildman–Crippen LogP) is 6.47. The van der Waals surface area contributed by atoms with Crippen molar-refractivity contribution in [2.45, 2.75) is 30.4 Å². The number of carboxylic acid groups (broad SMARTS) is 1. The van der Waals surface area contributed by atoms with Gasteiger partial charge in [0.1, 0.15) is 0 Å². The molecule has 144 valence electrons. The normalized spacial score (nSPS) is 14.4. The lowest BCUT2D eigenvalue weighted by molar-refractivity contribution is 0.0697. The highest BCUT2D eigenvalue weighted by atomic mass is 32.2. The molecule has 0 radical (unpaired) electrons. The summed E-state index contributed by atoms with van der Waals surface area (Å²) in [6.07, 6.45) is 2.35. The van der Waals surface area contributed by atoms with Crippen LogP contribution < -0.4 is 0 Å². The van der Waals surface area contributed by atoms with Crippen molar-refractivity contribution in [1.82, 2.24) is 0 Å². The molecular formula is C25H20O2S2. The van der Waals surface area contributed by atoms with Gasteiger partial charge in [-0.1, -0.05) is 17.9 Å². The summed E-state index contributed by atoms with van der Waals surface area (Å²) in [7, 11) is 0. The molecule has 1 N–H and O–H groups in total. The first kappa shape index (κ1) is 19.6. The van der Waals surface area contributed by atoms with Crippen molar-refractivity contribution in [3.8, 4) is 11.8 Å². The van der Waals surface area contributed by atoms with Gasteiger partial charge in [0, 0.05) is 30.5 Å². The number of rotatable bonds is 2. The summed E-state index contributed by atoms with van der Waals surface area (Å²) in [5.74, 6) is 5.44. The minimum absolute atomic E-state index is 0.0410. The van der Waals surface area contributed by atoms with Gasteiger partial charge in [-0.3, -0.25) is 0 Å². The predicted molar refractivity (Wildman–Crippen MR) is 122 cm³/mol. The third-order valence-electron chi connectivity index (χ3n) is 4.62. The first-order chi connectivity index (χ1) is 13.8. The van der Waals surface area contributed by atoms with Crippen molar-refractivity contribution < 1.29 is 9.90 Å². The number of hydrogen-bond acceptors (Lipinski definition) is 3. The van der Waals surface area contributed by atoms with Gasteiger partial charge in [0.2, 0.25) is 0 Å². The molecule has 0 aliphatic carbocycles. The second-order valence-electron chi connectivity index (χ2n) is 7.52. The van der Waals surface area contributed by atoms with Crippen molar-refractivity contribution in [2.75, 3.05) is 0 Å². The highest BCUT2D eigenvalue weighted by Crippen LogP contribution is 2.47. The number of benzene rings is 2. The Morgan fingerprint density at radius 3 is 2.31 bits per heavy atom. The average molecular weight is 417 g/mol. The summed E-state index contributed by atoms with van der Waals surface area (Å²) in [6, 6.07) is 17.4. The maximum absolute atomic E-state index is 11.0. The highest BCUT2D eigenvalue weighted by Gasteiger charge is 2.27. The van der Waals surface area contributed by atoms with Crippen LogP contribution in [0.25, 0.3) is 5.57 Å². The van der Waals surface area contributed by atoms with Crippen LogP contribution in [0.1, 0.15) is 50.7 Å². The topological polar surface area (TPSA) is 37.3 Å². The van der Waals surface area contributed by atoms with E-state index in [0.29, 0.717) is 0 Å². The molecule has 0 atom stereocenters. The van der Waals surface area contributed by atoms with Gasteiger partial charge in [0.05, 0.1) is 5.56 Å². The van der Waals surface area contributed by atoms with Crippen LogP contribution in [0.4, 0.5) is 0 Å². The quantitative estimate of drug-likeness (QED) is 0.486. The van der Waals surface area contributed by atoms with E-state index in [0.717, 1.165) is 11.1 Å². The molecule has 1 aromatic heterocycles. The fourth-order valence-corrected chi connectivity index (χ4v) is 5.33. The van der Waals surface area contributed by atoms with Crippen LogP contribution in [0.5, 0.6) is 0 Å². The minimum Gasteiger partial charge on any atom is -0.478 e. The molecule has 3 aromatic rings. The monoisotopic (exact) mass is 416 g/mol. The SMILES string of the molecule is Cc1ccc(C2=CC(C)(C)Sc3ccc(C#Cc4ccc(C(=O)O)cc4)cc32)s1. The van der Waals surface area contributed by atoms with Crippen LogP contribution in [-0.2, 0) is 0 Å². The number of hydrogen-bond donors (Lipinski definition) is 1. The molecule has 0 unspecified atom stereocenters. The average Bonchev–Trinajstić information content (AvgIpc) is 3.11. The standard InChI is InChI=1S/C25H20O2S2/c1-16-4-12-22(28-16)21-15-25(2,3)29-23-13-9-18(14-20(21)23)6-5-17-7-10-19(11-8-17)24(26)27/h4,7-15H,1-3H3,(H,26,27). The van der Waals surface area contributed by atoms with Gasteiger partial charge in [-0.15, -0.1) is 23.1 Å². The molecule has 0 saturated carbocycles. The molecule has 0 bridgehead atoms. The molecule has 2 nitrogen and oxygen atoms in total. The van der Waals surface area contributed by atoms with Crippen molar-refractivity contribution in [3.63, 3.8) is 0 Å². The summed E-state index contributed by atoms with van der Waals surface area (Å²) >= 11 is 3.69. The third-order valence-corrected chi connectivity index (χ3v) is 6.88. The van der Waals surface area contributed by atoms with Gasteiger partial charge in [-0.25, -0.2) is 4.79 Å². The lowest BCUT2D eigenvalue weighted by atomic mass is 9.97. The van der Waals surface area contributed by atoms with Gasteiger partial charge < -0.3 is 5.11 Å². The van der Waals surface area contributed by atoms with E-state index in [9.17, 15) is 4.79 Å². The van der Waals surface area contributed by atoms with E-state index in [4.69, 9.17) is 5.11 Å². The van der Waals surface area contributed by atoms with Gasteiger partial charge in [-0.2, -0.15) is 0 Å². The molecule has 0 fully saturated rings. The summed E-state index contributed by atoms with van der Waals surface area (Å²) in [6.45, 7) is 6.63. The first-order valence-corrected chi connectivity index (χ1v) is 10.9. The molecule has 1 aliphatic rings. The summed E-state index contributed by atoms with van der Waals surface area (Å²) < 4.78 is 0.0410. The van der Waals surface area contributed by atoms with Crippen molar-refractivity contribution in [3.05, 3.63) is 92.7 Å². The zero-order valence-electron chi connectivity index (χ0n) is 16.4. The van der Waals surface area contributed by atoms with Crippen molar-refractivity contribution >= 4 is 34.6 Å². The Kier molecular flexibility index (Phi) is 5.12. The second-order valence-corrected chi connectivity index (χ2v) is 10.5. The Hall–Kier alpha value is -2.74.